The van der Waals surface area contributed by atoms with E-state index < -0.39 is 42.0 Å². The van der Waals surface area contributed by atoms with E-state index in [-0.39, 0.29) is 6.10 Å². The van der Waals surface area contributed by atoms with Crippen LogP contribution in [-0.2, 0) is 18.9 Å². The minimum atomic E-state index is -0.880. The number of ether oxygens (including phenoxy) is 4. The lowest BCUT2D eigenvalue weighted by molar-refractivity contribution is -0.167. The summed E-state index contributed by atoms with van der Waals surface area (Å²) in [7, 11) is 0. The molecule has 7 nitrogen and oxygen atoms in total. The van der Waals surface area contributed by atoms with Crippen molar-refractivity contribution in [3.63, 3.8) is 0 Å². The molecule has 0 aliphatic carbocycles. The van der Waals surface area contributed by atoms with Crippen LogP contribution in [0.4, 0.5) is 0 Å². The number of piperidine rings is 1. The van der Waals surface area contributed by atoms with Gasteiger partial charge in [-0.05, 0) is 27.7 Å². The highest BCUT2D eigenvalue weighted by Crippen LogP contribution is 2.34. The predicted molar refractivity (Wildman–Crippen MR) is 72.5 cm³/mol. The molecular weight excluding hydrogens is 278 g/mol. The maximum Gasteiger partial charge on any atom is 0.163 e. The standard InChI is InChI=1S/C14H25NO6/c1-13(2)18-6-8(20-13)10(16)9-11(17)12-7(5-15-9)19-14(3,4)21-12/h7-12,15-17H,5-6H2,1-4H3/t7-,8+,9-,10-,11+,12-/m0/s1. The van der Waals surface area contributed by atoms with E-state index in [1.165, 1.54) is 0 Å². The van der Waals surface area contributed by atoms with Gasteiger partial charge >= 0.3 is 0 Å². The van der Waals surface area contributed by atoms with Crippen molar-refractivity contribution in [2.24, 2.45) is 0 Å². The molecule has 0 aromatic heterocycles. The Labute approximate surface area is 124 Å². The molecule has 0 aromatic rings. The molecule has 0 radical (unpaired) electrons. The summed E-state index contributed by atoms with van der Waals surface area (Å²) in [6.07, 6.45) is -2.88. The summed E-state index contributed by atoms with van der Waals surface area (Å²) in [5.74, 6) is -1.42. The molecule has 3 aliphatic rings. The Kier molecular flexibility index (Phi) is 3.81. The molecule has 3 fully saturated rings. The molecule has 0 unspecified atom stereocenters. The van der Waals surface area contributed by atoms with Gasteiger partial charge in [-0.1, -0.05) is 0 Å². The van der Waals surface area contributed by atoms with Gasteiger partial charge in [0.25, 0.3) is 0 Å². The third-order valence-electron chi connectivity index (χ3n) is 4.26. The molecule has 122 valence electrons. The average Bonchev–Trinajstić information content (AvgIpc) is 2.88. The highest BCUT2D eigenvalue weighted by Gasteiger charge is 2.53. The second-order valence-corrected chi connectivity index (χ2v) is 6.92. The Morgan fingerprint density at radius 2 is 1.81 bits per heavy atom. The van der Waals surface area contributed by atoms with Gasteiger partial charge in [-0.25, -0.2) is 0 Å². The minimum Gasteiger partial charge on any atom is -0.389 e. The van der Waals surface area contributed by atoms with Crippen molar-refractivity contribution in [1.29, 1.82) is 0 Å². The number of aliphatic hydroxyl groups is 2. The highest BCUT2D eigenvalue weighted by atomic mass is 16.8. The van der Waals surface area contributed by atoms with Gasteiger partial charge in [-0.15, -0.1) is 0 Å². The van der Waals surface area contributed by atoms with E-state index in [1.54, 1.807) is 13.8 Å². The van der Waals surface area contributed by atoms with E-state index in [0.29, 0.717) is 13.2 Å². The average molecular weight is 303 g/mol. The summed E-state index contributed by atoms with van der Waals surface area (Å²) in [6.45, 7) is 8.06. The number of hydrogen-bond acceptors (Lipinski definition) is 7. The maximum absolute atomic E-state index is 10.5. The van der Waals surface area contributed by atoms with Crippen LogP contribution < -0.4 is 5.32 Å². The quantitative estimate of drug-likeness (QED) is 0.625. The molecule has 3 rings (SSSR count). The van der Waals surface area contributed by atoms with Gasteiger partial charge in [0.05, 0.1) is 12.6 Å². The van der Waals surface area contributed by atoms with Crippen LogP contribution in [0.2, 0.25) is 0 Å². The molecule has 0 aromatic carbocycles. The fourth-order valence-corrected chi connectivity index (χ4v) is 3.33. The van der Waals surface area contributed by atoms with Crippen molar-refractivity contribution < 1.29 is 29.2 Å². The molecule has 6 atom stereocenters. The first-order chi connectivity index (χ1) is 9.69. The van der Waals surface area contributed by atoms with E-state index in [1.807, 2.05) is 13.8 Å². The lowest BCUT2D eigenvalue weighted by atomic mass is 9.90. The van der Waals surface area contributed by atoms with Crippen LogP contribution in [0, 0.1) is 0 Å². The van der Waals surface area contributed by atoms with E-state index in [2.05, 4.69) is 5.32 Å². The molecule has 0 saturated carbocycles. The van der Waals surface area contributed by atoms with Crippen LogP contribution in [0.1, 0.15) is 27.7 Å². The Morgan fingerprint density at radius 3 is 2.43 bits per heavy atom. The fraction of sp³-hybridized carbons (Fsp3) is 1.00. The number of nitrogens with one attached hydrogen (secondary N) is 1. The van der Waals surface area contributed by atoms with E-state index in [0.717, 1.165) is 0 Å². The lowest BCUT2D eigenvalue weighted by Gasteiger charge is -2.39. The van der Waals surface area contributed by atoms with Crippen molar-refractivity contribution in [2.45, 2.75) is 75.8 Å². The van der Waals surface area contributed by atoms with Crippen LogP contribution in [-0.4, -0.2) is 71.5 Å². The van der Waals surface area contributed by atoms with Gasteiger partial charge in [-0.3, -0.25) is 0 Å². The Bertz CT molecular complexity index is 397. The first-order valence-corrected chi connectivity index (χ1v) is 7.45. The number of aliphatic hydroxyl groups excluding tert-OH is 2. The number of hydrogen-bond donors (Lipinski definition) is 3. The van der Waals surface area contributed by atoms with Crippen LogP contribution >= 0.6 is 0 Å². The van der Waals surface area contributed by atoms with Crippen molar-refractivity contribution in [2.75, 3.05) is 13.2 Å². The van der Waals surface area contributed by atoms with E-state index in [9.17, 15) is 10.2 Å². The molecule has 21 heavy (non-hydrogen) atoms. The number of rotatable bonds is 2. The molecule has 0 amide bonds. The van der Waals surface area contributed by atoms with Gasteiger partial charge < -0.3 is 34.5 Å². The van der Waals surface area contributed by atoms with Crippen LogP contribution in [0.3, 0.4) is 0 Å². The molecule has 3 heterocycles. The third kappa shape index (κ3) is 2.96. The monoisotopic (exact) mass is 303 g/mol. The minimum absolute atomic E-state index is 0.212. The summed E-state index contributed by atoms with van der Waals surface area (Å²) < 4.78 is 22.6. The van der Waals surface area contributed by atoms with Crippen molar-refractivity contribution in [3.8, 4) is 0 Å². The van der Waals surface area contributed by atoms with Crippen molar-refractivity contribution in [1.82, 2.24) is 5.32 Å². The van der Waals surface area contributed by atoms with Crippen LogP contribution in [0.15, 0.2) is 0 Å². The first-order valence-electron chi connectivity index (χ1n) is 7.45. The maximum atomic E-state index is 10.5. The molecule has 7 heteroatoms. The molecule has 3 saturated heterocycles. The summed E-state index contributed by atoms with van der Waals surface area (Å²) >= 11 is 0. The molecule has 3 N–H and O–H groups in total. The van der Waals surface area contributed by atoms with Crippen molar-refractivity contribution in [3.05, 3.63) is 0 Å². The van der Waals surface area contributed by atoms with Gasteiger partial charge in [-0.2, -0.15) is 0 Å². The molecule has 0 bridgehead atoms. The van der Waals surface area contributed by atoms with Gasteiger partial charge in [0.1, 0.15) is 30.5 Å². The van der Waals surface area contributed by atoms with Gasteiger partial charge in [0.15, 0.2) is 11.6 Å². The van der Waals surface area contributed by atoms with E-state index in [4.69, 9.17) is 18.9 Å². The fourth-order valence-electron chi connectivity index (χ4n) is 3.33. The third-order valence-corrected chi connectivity index (χ3v) is 4.26. The summed E-state index contributed by atoms with van der Waals surface area (Å²) in [5, 5.41) is 24.2. The lowest BCUT2D eigenvalue weighted by Crippen LogP contribution is -2.64. The Hall–Kier alpha value is -0.280. The van der Waals surface area contributed by atoms with Crippen LogP contribution in [0.25, 0.3) is 0 Å². The van der Waals surface area contributed by atoms with Crippen molar-refractivity contribution >= 4 is 0 Å². The topological polar surface area (TPSA) is 89.4 Å². The second-order valence-electron chi connectivity index (χ2n) is 6.92. The molecule has 0 spiro atoms. The highest BCUT2D eigenvalue weighted by molar-refractivity contribution is 5.02. The first kappa shape index (κ1) is 15.6. The zero-order valence-corrected chi connectivity index (χ0v) is 12.9. The Balaban J connectivity index is 1.67. The number of fused-ring (bicyclic) bond motifs is 1. The van der Waals surface area contributed by atoms with Crippen LogP contribution in [0.5, 0.6) is 0 Å². The zero-order valence-electron chi connectivity index (χ0n) is 12.9. The summed E-state index contributed by atoms with van der Waals surface area (Å²) in [6, 6.07) is -0.536. The smallest absolute Gasteiger partial charge is 0.163 e. The zero-order chi connectivity index (χ0) is 15.4. The SMILES string of the molecule is CC1(C)O[C@@H]2[C@H](O)[C@H]([C@@H](O)[C@H]3COC(C)(C)O3)NC[C@@H]2O1. The van der Waals surface area contributed by atoms with Gasteiger partial charge in [0.2, 0.25) is 0 Å². The largest absolute Gasteiger partial charge is 0.389 e. The molecule has 3 aliphatic heterocycles. The Morgan fingerprint density at radius 1 is 1.10 bits per heavy atom. The summed E-state index contributed by atoms with van der Waals surface area (Å²) in [5.41, 5.74) is 0. The summed E-state index contributed by atoms with van der Waals surface area (Å²) in [4.78, 5) is 0. The van der Waals surface area contributed by atoms with E-state index >= 15 is 0 Å². The molecular formula is C14H25NO6. The second kappa shape index (κ2) is 5.13. The predicted octanol–water partition coefficient (Wildman–Crippen LogP) is -0.648. The van der Waals surface area contributed by atoms with Gasteiger partial charge in [0, 0.05) is 6.54 Å². The normalized spacial score (nSPS) is 46.3.